The Kier molecular flexibility index (Phi) is 6.22. The Morgan fingerprint density at radius 2 is 1.12 bits per heavy atom. The lowest BCUT2D eigenvalue weighted by molar-refractivity contribution is 1.24. The van der Waals surface area contributed by atoms with Crippen molar-refractivity contribution in [2.24, 2.45) is 0 Å². The normalized spacial score (nSPS) is 11.4. The van der Waals surface area contributed by atoms with Crippen LogP contribution in [0.25, 0.3) is 40.5 Å². The third-order valence-electron chi connectivity index (χ3n) is 5.38. The molecule has 0 aromatic heterocycles. The van der Waals surface area contributed by atoms with Crippen LogP contribution in [-0.4, -0.2) is 0 Å². The average molecular weight is 512 g/mol. The molecule has 12 heteroatoms. The zero-order chi connectivity index (χ0) is 31.5. The molecule has 176 valence electrons. The van der Waals surface area contributed by atoms with Crippen LogP contribution in [0.3, 0.4) is 0 Å². The van der Waals surface area contributed by atoms with Gasteiger partial charge in [-0.05, 0) is 23.2 Å². The van der Waals surface area contributed by atoms with Gasteiger partial charge in [0, 0.05) is 27.1 Å². The number of nitriles is 4. The quantitative estimate of drug-likeness (QED) is 0.379. The standard InChI is InChI=1S/C28H2N10O2/c1-33-17-8-13(9-29)16(12-32)23(35-3)19(17)25(37-5)21-20(27(39)28(21)40)24(36-4)18-14(10-30)7-15(11-31)22(34-2)26(18)38-6/h7-8H/b24-20-,25-21+/i7D,8D. The summed E-state index contributed by atoms with van der Waals surface area (Å²) >= 11 is 0. The van der Waals surface area contributed by atoms with E-state index in [1.807, 2.05) is 0 Å². The van der Waals surface area contributed by atoms with Crippen molar-refractivity contribution in [2.75, 3.05) is 0 Å². The first kappa shape index (κ1) is 23.9. The summed E-state index contributed by atoms with van der Waals surface area (Å²) in [7, 11) is 0. The summed E-state index contributed by atoms with van der Waals surface area (Å²) in [6.45, 7) is 45.5. The molecule has 40 heavy (non-hydrogen) atoms. The summed E-state index contributed by atoms with van der Waals surface area (Å²) in [5, 5.41) is 36.5. The maximum atomic E-state index is 12.9. The highest BCUT2D eigenvalue weighted by molar-refractivity contribution is 5.95. The third kappa shape index (κ3) is 3.62. The van der Waals surface area contributed by atoms with Crippen molar-refractivity contribution in [2.45, 2.75) is 0 Å². The van der Waals surface area contributed by atoms with Gasteiger partial charge in [0.05, 0.1) is 72.0 Å². The predicted molar refractivity (Wildman–Crippen MR) is 136 cm³/mol. The number of hydrogen-bond acceptors (Lipinski definition) is 6. The van der Waals surface area contributed by atoms with Crippen molar-refractivity contribution in [3.63, 3.8) is 0 Å². The van der Waals surface area contributed by atoms with E-state index in [1.165, 1.54) is 0 Å². The molecule has 0 fully saturated rings. The molecular formula is C28H2N10O2. The van der Waals surface area contributed by atoms with Gasteiger partial charge in [-0.15, -0.1) is 0 Å². The predicted octanol–water partition coefficient (Wildman–Crippen LogP) is 3.12. The number of nitrogens with zero attached hydrogens (tertiary/aromatic N) is 10. The number of benzene rings is 2. The van der Waals surface area contributed by atoms with E-state index < -0.39 is 101 Å². The highest BCUT2D eigenvalue weighted by Crippen LogP contribution is 2.41. The van der Waals surface area contributed by atoms with Crippen molar-refractivity contribution in [1.29, 1.82) is 21.0 Å². The molecule has 12 nitrogen and oxygen atoms in total. The molecule has 3 aromatic rings. The second kappa shape index (κ2) is 10.4. The Hall–Kier alpha value is -7.84. The van der Waals surface area contributed by atoms with E-state index in [9.17, 15) is 30.6 Å². The molecule has 0 radical (unpaired) electrons. The van der Waals surface area contributed by atoms with Crippen molar-refractivity contribution >= 4 is 34.1 Å². The van der Waals surface area contributed by atoms with Gasteiger partial charge >= 0.3 is 0 Å². The van der Waals surface area contributed by atoms with Gasteiger partial charge in [0.15, 0.2) is 28.5 Å². The van der Waals surface area contributed by atoms with Crippen LogP contribution in [0, 0.1) is 84.8 Å². The van der Waals surface area contributed by atoms with Gasteiger partial charge in [0.1, 0.15) is 0 Å². The smallest absolute Gasteiger partial charge is 0.221 e. The van der Waals surface area contributed by atoms with E-state index >= 15 is 0 Å². The first-order chi connectivity index (χ1) is 20.1. The van der Waals surface area contributed by atoms with Crippen LogP contribution in [0.15, 0.2) is 21.7 Å². The molecule has 0 N–H and O–H groups in total. The summed E-state index contributed by atoms with van der Waals surface area (Å²) in [5.74, 6) is 0. The molecule has 0 unspecified atom stereocenters. The monoisotopic (exact) mass is 512 g/mol. The van der Waals surface area contributed by atoms with Gasteiger partial charge < -0.3 is 0 Å². The SMILES string of the molecule is [2H]c1c(C#N)c([N+]#[C-])c([N+]#[C-])c(/C([N+]#[C-])=c2/c(=O)c(=O)/c2=C(/[N+]#[C-])c2c([N+]#[C-])c([2H])c(C#N)c(C#N)c2[N+]#[C-])c1C#N. The minimum Gasteiger partial charge on any atom is -0.286 e. The minimum absolute atomic E-state index is 0.645. The Bertz CT molecular complexity index is 2310. The Morgan fingerprint density at radius 1 is 0.625 bits per heavy atom. The highest BCUT2D eigenvalue weighted by atomic mass is 16.2. The Morgan fingerprint density at radius 3 is 1.52 bits per heavy atom. The Labute approximate surface area is 227 Å². The topological polar surface area (TPSA) is 155 Å². The molecule has 0 aliphatic heterocycles. The van der Waals surface area contributed by atoms with Gasteiger partial charge in [0.2, 0.25) is 16.5 Å². The fourth-order valence-corrected chi connectivity index (χ4v) is 3.74. The van der Waals surface area contributed by atoms with Crippen molar-refractivity contribution < 1.29 is 2.74 Å². The maximum absolute atomic E-state index is 12.9. The first-order valence-corrected chi connectivity index (χ1v) is 9.99. The van der Waals surface area contributed by atoms with Crippen LogP contribution in [0.5, 0.6) is 0 Å². The highest BCUT2D eigenvalue weighted by Gasteiger charge is 2.28. The van der Waals surface area contributed by atoms with Crippen LogP contribution >= 0.6 is 0 Å². The minimum atomic E-state index is -1.38. The molecule has 0 aliphatic rings. The van der Waals surface area contributed by atoms with Crippen molar-refractivity contribution in [3.8, 4) is 24.3 Å². The van der Waals surface area contributed by atoms with Gasteiger partial charge in [-0.1, -0.05) is 0 Å². The molecule has 0 saturated heterocycles. The van der Waals surface area contributed by atoms with Crippen LogP contribution in [-0.2, 0) is 0 Å². The molecular weight excluding hydrogens is 508 g/mol. The first-order valence-electron chi connectivity index (χ1n) is 11.0. The van der Waals surface area contributed by atoms with Crippen molar-refractivity contribution in [1.82, 2.24) is 0 Å². The van der Waals surface area contributed by atoms with Gasteiger partial charge in [-0.25, -0.2) is 24.2 Å². The molecule has 0 amide bonds. The average Bonchev–Trinajstić information content (AvgIpc) is 3.01. The van der Waals surface area contributed by atoms with E-state index in [4.69, 9.17) is 42.2 Å². The van der Waals surface area contributed by atoms with E-state index in [0.717, 1.165) is 0 Å². The van der Waals surface area contributed by atoms with E-state index in [0.29, 0.717) is 0 Å². The summed E-state index contributed by atoms with van der Waals surface area (Å²) < 4.78 is 16.4. The molecule has 0 spiro atoms. The van der Waals surface area contributed by atoms with Crippen LogP contribution < -0.4 is 21.3 Å². The van der Waals surface area contributed by atoms with Crippen LogP contribution in [0.4, 0.5) is 22.7 Å². The summed E-state index contributed by atoms with van der Waals surface area (Å²) in [6.07, 6.45) is 0. The molecule has 0 atom stereocenters. The zero-order valence-electron chi connectivity index (χ0n) is 21.3. The van der Waals surface area contributed by atoms with Gasteiger partial charge in [-0.3, -0.25) is 14.4 Å². The maximum Gasteiger partial charge on any atom is 0.221 e. The molecule has 3 aromatic carbocycles. The third-order valence-corrected chi connectivity index (χ3v) is 5.38. The van der Waals surface area contributed by atoms with Crippen LogP contribution in [0.2, 0.25) is 0 Å². The summed E-state index contributed by atoms with van der Waals surface area (Å²) in [4.78, 5) is 44.6. The molecule has 0 aliphatic carbocycles. The zero-order valence-corrected chi connectivity index (χ0v) is 19.3. The van der Waals surface area contributed by atoms with E-state index in [-0.39, 0.29) is 0 Å². The number of rotatable bonds is 2. The van der Waals surface area contributed by atoms with Gasteiger partial charge in [-0.2, -0.15) is 21.0 Å². The largest absolute Gasteiger partial charge is 0.286 e. The second-order valence-corrected chi connectivity index (χ2v) is 7.12. The lowest BCUT2D eigenvalue weighted by Crippen LogP contribution is -2.66. The summed E-state index contributed by atoms with van der Waals surface area (Å²) in [6, 6.07) is 4.55. The molecule has 0 heterocycles. The van der Waals surface area contributed by atoms with E-state index in [2.05, 4.69) is 29.1 Å². The van der Waals surface area contributed by atoms with E-state index in [1.54, 1.807) is 24.3 Å². The van der Waals surface area contributed by atoms with Gasteiger partial charge in [0.25, 0.3) is 0 Å². The van der Waals surface area contributed by atoms with Crippen LogP contribution in [0.1, 0.15) is 36.1 Å². The summed E-state index contributed by atoms with van der Waals surface area (Å²) in [5.41, 5.74) is -11.7. The fourth-order valence-electron chi connectivity index (χ4n) is 3.74. The lowest BCUT2D eigenvalue weighted by atomic mass is 9.93. The van der Waals surface area contributed by atoms with Crippen molar-refractivity contribution in [3.05, 3.63) is 145 Å². The Balaban J connectivity index is 2.90. The fraction of sp³-hybridized carbons (Fsp3) is 0. The molecule has 3 rings (SSSR count). The lowest BCUT2D eigenvalue weighted by Gasteiger charge is -2.12. The number of hydrogen-bond donors (Lipinski definition) is 0. The molecule has 0 saturated carbocycles. The molecule has 0 bridgehead atoms. The second-order valence-electron chi connectivity index (χ2n) is 7.12.